The van der Waals surface area contributed by atoms with Crippen LogP contribution < -0.4 is 0 Å². The molecule has 0 atom stereocenters. The maximum Gasteiger partial charge on any atom is 0.342 e. The van der Waals surface area contributed by atoms with Gasteiger partial charge < -0.3 is 10.1 Å². The molecule has 0 aromatic carbocycles. The SMILES string of the molecule is Cc1ncc([N+](=O)[O-])n1CCS(=O)(=O)N1CCC2(CC1)C(=O)CCC2=O. The first kappa shape index (κ1) is 18.6. The number of sulfonamides is 1. The Bertz CT molecular complexity index is 849. The summed E-state index contributed by atoms with van der Waals surface area (Å²) in [5.74, 6) is -0.350. The molecule has 2 aliphatic rings. The highest BCUT2D eigenvalue weighted by Gasteiger charge is 2.51. The Morgan fingerprint density at radius 2 is 1.81 bits per heavy atom. The van der Waals surface area contributed by atoms with Crippen molar-refractivity contribution in [1.29, 1.82) is 0 Å². The van der Waals surface area contributed by atoms with E-state index in [-0.39, 0.29) is 68.5 Å². The molecule has 1 aromatic rings. The van der Waals surface area contributed by atoms with E-state index in [0.29, 0.717) is 5.82 Å². The van der Waals surface area contributed by atoms with Crippen molar-refractivity contribution in [3.05, 3.63) is 22.1 Å². The van der Waals surface area contributed by atoms with Crippen molar-refractivity contribution >= 4 is 27.4 Å². The average molecular weight is 384 g/mol. The van der Waals surface area contributed by atoms with Crippen LogP contribution in [0, 0.1) is 22.5 Å². The molecular weight excluding hydrogens is 364 g/mol. The van der Waals surface area contributed by atoms with Gasteiger partial charge in [-0.3, -0.25) is 9.59 Å². The second-order valence-corrected chi connectivity index (χ2v) is 8.80. The number of Topliss-reactive ketones (excluding diaryl/α,β-unsaturated/α-hetero) is 2. The molecule has 1 saturated heterocycles. The molecule has 10 nitrogen and oxygen atoms in total. The highest BCUT2D eigenvalue weighted by molar-refractivity contribution is 7.89. The molecule has 142 valence electrons. The van der Waals surface area contributed by atoms with Gasteiger partial charge >= 0.3 is 5.82 Å². The zero-order valence-electron chi connectivity index (χ0n) is 14.4. The van der Waals surface area contributed by atoms with E-state index in [1.54, 1.807) is 6.92 Å². The predicted octanol–water partition coefficient (Wildman–Crippen LogP) is 0.444. The van der Waals surface area contributed by atoms with Crippen LogP contribution in [0.25, 0.3) is 0 Å². The van der Waals surface area contributed by atoms with E-state index in [1.165, 1.54) is 8.87 Å². The lowest BCUT2D eigenvalue weighted by Crippen LogP contribution is -2.48. The Morgan fingerprint density at radius 1 is 1.23 bits per heavy atom. The fourth-order valence-electron chi connectivity index (χ4n) is 3.78. The van der Waals surface area contributed by atoms with Crippen LogP contribution in [0.4, 0.5) is 5.82 Å². The molecule has 0 amide bonds. The molecule has 11 heteroatoms. The largest absolute Gasteiger partial charge is 0.358 e. The minimum atomic E-state index is -3.66. The molecule has 2 heterocycles. The van der Waals surface area contributed by atoms with E-state index < -0.39 is 20.4 Å². The van der Waals surface area contributed by atoms with Crippen LogP contribution in [0.3, 0.4) is 0 Å². The molecule has 1 spiro atoms. The van der Waals surface area contributed by atoms with Gasteiger partial charge in [-0.2, -0.15) is 0 Å². The van der Waals surface area contributed by atoms with Gasteiger partial charge in [0.25, 0.3) is 0 Å². The van der Waals surface area contributed by atoms with Crippen LogP contribution in [0.2, 0.25) is 0 Å². The topological polar surface area (TPSA) is 132 Å². The van der Waals surface area contributed by atoms with Crippen LogP contribution in [0.1, 0.15) is 31.5 Å². The summed E-state index contributed by atoms with van der Waals surface area (Å²) in [6.07, 6.45) is 2.02. The van der Waals surface area contributed by atoms with Gasteiger partial charge in [-0.25, -0.2) is 22.3 Å². The predicted molar refractivity (Wildman–Crippen MR) is 89.9 cm³/mol. The van der Waals surface area contributed by atoms with Crippen molar-refractivity contribution in [2.45, 2.75) is 39.2 Å². The first-order valence-corrected chi connectivity index (χ1v) is 9.99. The number of nitrogens with zero attached hydrogens (tertiary/aromatic N) is 4. The summed E-state index contributed by atoms with van der Waals surface area (Å²) >= 11 is 0. The average Bonchev–Trinajstić information content (AvgIpc) is 3.09. The molecule has 1 aromatic heterocycles. The Labute approximate surface area is 150 Å². The molecule has 0 radical (unpaired) electrons. The first-order valence-electron chi connectivity index (χ1n) is 8.38. The Hall–Kier alpha value is -2.14. The summed E-state index contributed by atoms with van der Waals surface area (Å²) in [5, 5.41) is 11.0. The van der Waals surface area contributed by atoms with Crippen molar-refractivity contribution < 1.29 is 22.9 Å². The third-order valence-electron chi connectivity index (χ3n) is 5.41. The fraction of sp³-hybridized carbons (Fsp3) is 0.667. The molecule has 0 bridgehead atoms. The highest BCUT2D eigenvalue weighted by atomic mass is 32.2. The maximum atomic E-state index is 12.6. The van der Waals surface area contributed by atoms with Gasteiger partial charge in [0.1, 0.15) is 30.1 Å². The first-order chi connectivity index (χ1) is 12.2. The number of piperidine rings is 1. The summed E-state index contributed by atoms with van der Waals surface area (Å²) in [6, 6.07) is 0. The molecule has 1 saturated carbocycles. The summed E-state index contributed by atoms with van der Waals surface area (Å²) in [7, 11) is -3.66. The van der Waals surface area contributed by atoms with Gasteiger partial charge in [0.05, 0.1) is 5.41 Å². The summed E-state index contributed by atoms with van der Waals surface area (Å²) in [4.78, 5) is 38.4. The van der Waals surface area contributed by atoms with E-state index in [1.807, 2.05) is 0 Å². The third-order valence-corrected chi connectivity index (χ3v) is 7.26. The number of ketones is 2. The molecule has 0 N–H and O–H groups in total. The van der Waals surface area contributed by atoms with E-state index in [9.17, 15) is 28.1 Å². The highest BCUT2D eigenvalue weighted by Crippen LogP contribution is 2.41. The van der Waals surface area contributed by atoms with Crippen molar-refractivity contribution in [2.24, 2.45) is 5.41 Å². The number of carbonyl (C=O) groups is 2. The Kier molecular flexibility index (Phi) is 4.69. The van der Waals surface area contributed by atoms with Gasteiger partial charge in [-0.15, -0.1) is 0 Å². The molecular formula is C15H20N4O6S. The lowest BCUT2D eigenvalue weighted by molar-refractivity contribution is -0.392. The zero-order chi connectivity index (χ0) is 19.1. The smallest absolute Gasteiger partial charge is 0.342 e. The van der Waals surface area contributed by atoms with Crippen LogP contribution >= 0.6 is 0 Å². The maximum absolute atomic E-state index is 12.6. The number of nitro groups is 1. The number of aryl methyl sites for hydroxylation is 1. The van der Waals surface area contributed by atoms with Crippen LogP contribution in [-0.4, -0.2) is 57.6 Å². The standard InChI is InChI=1S/C15H20N4O6S/c1-11-16-10-14(19(22)23)18(11)8-9-26(24,25)17-6-4-15(5-7-17)12(20)2-3-13(15)21/h10H,2-9H2,1H3. The van der Waals surface area contributed by atoms with Crippen molar-refractivity contribution in [2.75, 3.05) is 18.8 Å². The van der Waals surface area contributed by atoms with Crippen LogP contribution in [-0.2, 0) is 26.2 Å². The van der Waals surface area contributed by atoms with Crippen LogP contribution in [0.15, 0.2) is 6.20 Å². The molecule has 3 rings (SSSR count). The van der Waals surface area contributed by atoms with Crippen LogP contribution in [0.5, 0.6) is 0 Å². The van der Waals surface area contributed by atoms with E-state index in [2.05, 4.69) is 4.98 Å². The van der Waals surface area contributed by atoms with Gasteiger partial charge in [0, 0.05) is 32.9 Å². The minimum Gasteiger partial charge on any atom is -0.358 e. The Morgan fingerprint density at radius 3 is 2.35 bits per heavy atom. The van der Waals surface area contributed by atoms with Gasteiger partial charge in [-0.05, 0) is 17.8 Å². The van der Waals surface area contributed by atoms with Crippen molar-refractivity contribution in [3.8, 4) is 0 Å². The molecule has 2 fully saturated rings. The minimum absolute atomic E-state index is 0.0794. The second kappa shape index (κ2) is 6.54. The number of hydrogen-bond donors (Lipinski definition) is 0. The van der Waals surface area contributed by atoms with E-state index in [0.717, 1.165) is 6.20 Å². The molecule has 1 aliphatic carbocycles. The number of imidazole rings is 1. The lowest BCUT2D eigenvalue weighted by atomic mass is 9.76. The van der Waals surface area contributed by atoms with Crippen molar-refractivity contribution in [1.82, 2.24) is 13.9 Å². The monoisotopic (exact) mass is 384 g/mol. The fourth-order valence-corrected chi connectivity index (χ4v) is 5.19. The third kappa shape index (κ3) is 3.05. The second-order valence-electron chi connectivity index (χ2n) is 6.72. The summed E-state index contributed by atoms with van der Waals surface area (Å²) < 4.78 is 27.7. The quantitative estimate of drug-likeness (QED) is 0.409. The summed E-state index contributed by atoms with van der Waals surface area (Å²) in [5.41, 5.74) is -0.994. The normalized spacial score (nSPS) is 20.8. The van der Waals surface area contributed by atoms with Gasteiger partial charge in [0.15, 0.2) is 5.82 Å². The summed E-state index contributed by atoms with van der Waals surface area (Å²) in [6.45, 7) is 1.72. The Balaban J connectivity index is 1.67. The molecule has 26 heavy (non-hydrogen) atoms. The van der Waals surface area contributed by atoms with E-state index in [4.69, 9.17) is 0 Å². The van der Waals surface area contributed by atoms with E-state index >= 15 is 0 Å². The number of hydrogen-bond acceptors (Lipinski definition) is 7. The van der Waals surface area contributed by atoms with Crippen molar-refractivity contribution in [3.63, 3.8) is 0 Å². The zero-order valence-corrected chi connectivity index (χ0v) is 15.2. The van der Waals surface area contributed by atoms with Gasteiger partial charge in [-0.1, -0.05) is 0 Å². The number of rotatable bonds is 5. The molecule has 0 unspecified atom stereocenters. The van der Waals surface area contributed by atoms with Gasteiger partial charge in [0.2, 0.25) is 10.0 Å². The number of carbonyl (C=O) groups excluding carboxylic acids is 2. The number of aromatic nitrogens is 2. The molecule has 1 aliphatic heterocycles. The lowest BCUT2D eigenvalue weighted by Gasteiger charge is -2.36.